The van der Waals surface area contributed by atoms with Crippen molar-refractivity contribution in [3.63, 3.8) is 0 Å². The maximum Gasteiger partial charge on any atom is 0.407 e. The third-order valence-electron chi connectivity index (χ3n) is 13.5. The third kappa shape index (κ3) is 19.0. The number of nitrogens with one attached hydrogen (secondary N) is 4. The Morgan fingerprint density at radius 3 is 1.44 bits per heavy atom. The van der Waals surface area contributed by atoms with Crippen molar-refractivity contribution in [2.24, 2.45) is 0 Å². The zero-order chi connectivity index (χ0) is 65.4. The van der Waals surface area contributed by atoms with E-state index in [1.165, 1.54) is 31.2 Å². The zero-order valence-corrected chi connectivity index (χ0v) is 48.0. The van der Waals surface area contributed by atoms with E-state index in [-0.39, 0.29) is 65.9 Å². The van der Waals surface area contributed by atoms with Crippen molar-refractivity contribution in [3.05, 3.63) is 116 Å². The number of alkyl halides is 4. The summed E-state index contributed by atoms with van der Waals surface area (Å²) in [5.74, 6) is -12.2. The van der Waals surface area contributed by atoms with E-state index in [1.807, 2.05) is 0 Å². The highest BCUT2D eigenvalue weighted by Gasteiger charge is 2.61. The van der Waals surface area contributed by atoms with Crippen molar-refractivity contribution < 1.29 is 103 Å². The Labute approximate surface area is 502 Å². The van der Waals surface area contributed by atoms with Crippen LogP contribution in [0.25, 0.3) is 0 Å². The van der Waals surface area contributed by atoms with Gasteiger partial charge in [0.1, 0.15) is 37.1 Å². The Morgan fingerprint density at radius 2 is 1.06 bits per heavy atom. The number of anilines is 2. The number of ketones is 1. The smallest absolute Gasteiger partial charge is 0.407 e. The molecule has 3 fully saturated rings. The molecule has 2 aromatic carbocycles. The average Bonchev–Trinajstić information content (AvgIpc) is 1.71. The highest BCUT2D eigenvalue weighted by molar-refractivity contribution is 7.87. The van der Waals surface area contributed by atoms with Crippen molar-refractivity contribution in [2.75, 3.05) is 37.8 Å². The first-order valence-electron chi connectivity index (χ1n) is 27.2. The molecule has 0 radical (unpaired) electrons. The van der Waals surface area contributed by atoms with E-state index in [0.717, 1.165) is 30.1 Å². The average molecular weight is 1280 g/mol. The quantitative estimate of drug-likeness (QED) is 0.0139. The SMILES string of the molecule is CC(=O)c1ccc(CNC(=O)CCCCCNC(=O)OC[C@H]2O[C@@H](n3ccc(N)nc3=O)C(F)(F)[C@H]2O)cc1.Nc1ccn([C@@H]2O[C@H](COC(=O)NCCCCCC(=O)NCc3ccc(C(=O)ON4C(=O)CC(S(=O)(=O)O)C4=O)cc3)[C@H](O)C2(F)F)c(=O)n1. The molecule has 2 aromatic heterocycles. The van der Waals surface area contributed by atoms with Crippen LogP contribution in [0.15, 0.2) is 82.6 Å². The number of nitrogen functional groups attached to an aromatic ring is 2. The number of aliphatic hydroxyl groups is 2. The van der Waals surface area contributed by atoms with Crippen molar-refractivity contribution in [1.29, 1.82) is 0 Å². The van der Waals surface area contributed by atoms with E-state index in [1.54, 1.807) is 24.3 Å². The minimum atomic E-state index is -4.86. The van der Waals surface area contributed by atoms with Crippen LogP contribution >= 0.6 is 0 Å². The molecule has 0 spiro atoms. The first-order chi connectivity index (χ1) is 42.0. The second-order valence-corrected chi connectivity index (χ2v) is 21.8. The van der Waals surface area contributed by atoms with Gasteiger partial charge >= 0.3 is 41.4 Å². The number of hydrogen-bond acceptors (Lipinski definition) is 23. The largest absolute Gasteiger partial charge is 0.447 e. The summed E-state index contributed by atoms with van der Waals surface area (Å²) in [6, 6.07) is 14.7. The maximum atomic E-state index is 14.6. The monoisotopic (exact) mass is 1280 g/mol. The first-order valence-corrected chi connectivity index (χ1v) is 28.7. The second-order valence-electron chi connectivity index (χ2n) is 20.2. The van der Waals surface area contributed by atoms with Gasteiger partial charge in [-0.25, -0.2) is 24.0 Å². The van der Waals surface area contributed by atoms with E-state index in [9.17, 15) is 84.1 Å². The molecule has 484 valence electrons. The van der Waals surface area contributed by atoms with Crippen LogP contribution in [-0.2, 0) is 66.2 Å². The molecular weight excluding hydrogens is 1220 g/mol. The summed E-state index contributed by atoms with van der Waals surface area (Å²) in [5.41, 5.74) is 10.5. The molecule has 7 atom stereocenters. The van der Waals surface area contributed by atoms with Crippen LogP contribution in [0.3, 0.4) is 0 Å². The van der Waals surface area contributed by atoms with E-state index >= 15 is 0 Å². The molecule has 6 amide bonds. The predicted molar refractivity (Wildman–Crippen MR) is 295 cm³/mol. The first kappa shape index (κ1) is 69.1. The predicted octanol–water partition coefficient (Wildman–Crippen LogP) is 0.934. The number of ether oxygens (including phenoxy) is 4. The number of unbranched alkanes of at least 4 members (excludes halogenated alkanes) is 4. The molecular formula is C53H63F4N11O20S. The number of Topliss-reactive ketones (excluding diaryl/α,β-unsaturated/α-hetero) is 1. The molecule has 5 heterocycles. The number of rotatable bonds is 26. The Kier molecular flexibility index (Phi) is 23.9. The van der Waals surface area contributed by atoms with Crippen LogP contribution in [0.5, 0.6) is 0 Å². The van der Waals surface area contributed by atoms with Gasteiger partial charge in [-0.15, -0.1) is 5.06 Å². The summed E-state index contributed by atoms with van der Waals surface area (Å²) in [6.45, 7) is 0.887. The molecule has 3 saturated heterocycles. The number of halogens is 4. The van der Waals surface area contributed by atoms with Gasteiger partial charge in [0.05, 0.1) is 12.0 Å². The molecule has 89 heavy (non-hydrogen) atoms. The van der Waals surface area contributed by atoms with Crippen molar-refractivity contribution in [3.8, 4) is 0 Å². The minimum absolute atomic E-state index is 0.00994. The van der Waals surface area contributed by atoms with Crippen molar-refractivity contribution in [1.82, 2.24) is 45.4 Å². The van der Waals surface area contributed by atoms with Crippen LogP contribution in [-0.4, -0.2) is 163 Å². The molecule has 4 aromatic rings. The van der Waals surface area contributed by atoms with Crippen LogP contribution in [0, 0.1) is 0 Å². The van der Waals surface area contributed by atoms with Crippen molar-refractivity contribution in [2.45, 2.75) is 132 Å². The standard InChI is InChI=1S/C28H32F2N6O13S.C25H31F2N5O7/c29-28(30)22(39)17(48-25(28)35-11-9-19(31)34-26(35)42)14-47-27(43)32-10-3-1-2-4-20(37)33-13-15-5-7-16(8-6-15)24(41)49-36-21(38)12-18(23(36)40)50(44,45)46;1-15(33)17-8-6-16(7-9-17)13-30-20(34)5-3-2-4-11-29-24(37)38-14-18-21(35)25(26,27)22(39-18)32-12-10-19(28)31-23(32)36/h5-9,11,17-18,22,25,39H,1-4,10,12-14H2,(H,32,43)(H,33,37)(H2,31,34,42)(H,44,45,46);6-10,12,18,21-22,35H,2-5,11,13-14H2,1H3,(H,29,37)(H,30,34)(H2,28,31,36)/t17-,18?,22+,25-;18-,21+,22-/m11/s1. The van der Waals surface area contributed by atoms with E-state index < -0.39 is 125 Å². The lowest BCUT2D eigenvalue weighted by Crippen LogP contribution is -2.42. The highest BCUT2D eigenvalue weighted by atomic mass is 32.2. The van der Waals surface area contributed by atoms with Gasteiger partial charge in [0.2, 0.25) is 24.3 Å². The van der Waals surface area contributed by atoms with Crippen LogP contribution in [0.4, 0.5) is 38.8 Å². The number of alkyl carbamates (subject to hydrolysis) is 2. The molecule has 0 saturated carbocycles. The number of benzene rings is 2. The summed E-state index contributed by atoms with van der Waals surface area (Å²) in [6.07, 6.45) is -9.40. The van der Waals surface area contributed by atoms with Crippen LogP contribution < -0.4 is 44.1 Å². The lowest BCUT2D eigenvalue weighted by atomic mass is 10.1. The summed E-state index contributed by atoms with van der Waals surface area (Å²) in [7, 11) is -4.86. The van der Waals surface area contributed by atoms with Gasteiger partial charge in [-0.1, -0.05) is 49.2 Å². The molecule has 3 aliphatic heterocycles. The fourth-order valence-corrected chi connectivity index (χ4v) is 9.34. The summed E-state index contributed by atoms with van der Waals surface area (Å²) in [4.78, 5) is 131. The number of nitrogens with zero attached hydrogens (tertiary/aromatic N) is 5. The number of nitrogens with two attached hydrogens (primary N) is 2. The van der Waals surface area contributed by atoms with E-state index in [2.05, 4.69) is 31.2 Å². The molecule has 0 bridgehead atoms. The number of hydroxylamine groups is 2. The molecule has 31 nitrogen and oxygen atoms in total. The number of hydrogen-bond donors (Lipinski definition) is 9. The number of carbonyl (C=O) groups is 8. The number of aromatic nitrogens is 4. The lowest BCUT2D eigenvalue weighted by molar-refractivity contribution is -0.172. The molecule has 7 rings (SSSR count). The fraction of sp³-hybridized carbons (Fsp3) is 0.472. The Bertz CT molecular complexity index is 3450. The molecule has 0 aliphatic carbocycles. The number of aliphatic hydroxyl groups excluding tert-OH is 2. The summed E-state index contributed by atoms with van der Waals surface area (Å²) < 4.78 is 111. The summed E-state index contributed by atoms with van der Waals surface area (Å²) >= 11 is 0. The van der Waals surface area contributed by atoms with E-state index in [4.69, 9.17) is 39.8 Å². The van der Waals surface area contributed by atoms with Crippen LogP contribution in [0.1, 0.15) is 109 Å². The molecule has 1 unspecified atom stereocenters. The van der Waals surface area contributed by atoms with Gasteiger partial charge in [0, 0.05) is 57.0 Å². The minimum Gasteiger partial charge on any atom is -0.447 e. The summed E-state index contributed by atoms with van der Waals surface area (Å²) in [5, 5.41) is 28.3. The highest BCUT2D eigenvalue weighted by Crippen LogP contribution is 2.43. The molecule has 3 aliphatic rings. The maximum absolute atomic E-state index is 14.6. The Balaban J connectivity index is 0.000000293. The number of amides is 6. The van der Waals surface area contributed by atoms with Gasteiger partial charge in [0.15, 0.2) is 23.2 Å². The lowest BCUT2D eigenvalue weighted by Gasteiger charge is -2.20. The van der Waals surface area contributed by atoms with Gasteiger partial charge in [-0.3, -0.25) is 37.7 Å². The Morgan fingerprint density at radius 1 is 0.640 bits per heavy atom. The molecule has 36 heteroatoms. The number of imide groups is 1. The van der Waals surface area contributed by atoms with Gasteiger partial charge in [0.25, 0.3) is 21.9 Å². The topological polar surface area (TPSA) is 451 Å². The normalized spacial score (nSPS) is 20.8. The van der Waals surface area contributed by atoms with Gasteiger partial charge < -0.3 is 66.7 Å². The zero-order valence-electron chi connectivity index (χ0n) is 47.2. The second kappa shape index (κ2) is 30.8. The van der Waals surface area contributed by atoms with E-state index in [0.29, 0.717) is 71.8 Å². The van der Waals surface area contributed by atoms with Crippen molar-refractivity contribution >= 4 is 69.3 Å². The fourth-order valence-electron chi connectivity index (χ4n) is 8.63. The van der Waals surface area contributed by atoms with Gasteiger partial charge in [-0.05, 0) is 68.0 Å². The number of carbonyl (C=O) groups excluding carboxylic acids is 8. The molecule has 11 N–H and O–H groups in total. The Hall–Kier alpha value is -8.97. The van der Waals surface area contributed by atoms with Crippen LogP contribution in [0.2, 0.25) is 0 Å². The van der Waals surface area contributed by atoms with Gasteiger partial charge in [-0.2, -0.15) is 35.9 Å². The third-order valence-corrected chi connectivity index (χ3v) is 14.6.